The molecule has 0 aromatic carbocycles. The molecule has 5 nitrogen and oxygen atoms in total. The van der Waals surface area contributed by atoms with Gasteiger partial charge in [-0.2, -0.15) is 0 Å². The van der Waals surface area contributed by atoms with Crippen LogP contribution in [0.4, 0.5) is 10.2 Å². The number of nitrogens with zero attached hydrogens (tertiary/aromatic N) is 2. The van der Waals surface area contributed by atoms with Crippen LogP contribution < -0.4 is 4.90 Å². The van der Waals surface area contributed by atoms with Crippen molar-refractivity contribution in [1.82, 2.24) is 4.98 Å². The van der Waals surface area contributed by atoms with E-state index in [1.807, 2.05) is 0 Å². The van der Waals surface area contributed by atoms with E-state index in [1.54, 1.807) is 12.0 Å². The molecule has 1 unspecified atom stereocenters. The molecule has 1 aromatic heterocycles. The molecule has 1 aromatic rings. The fourth-order valence-corrected chi connectivity index (χ4v) is 2.14. The number of ether oxygens (including phenoxy) is 1. The van der Waals surface area contributed by atoms with Crippen LogP contribution in [0.5, 0.6) is 0 Å². The number of carboxylic acids is 1. The minimum absolute atomic E-state index is 0.0356. The summed E-state index contributed by atoms with van der Waals surface area (Å²) in [6.07, 6.45) is 3.15. The minimum atomic E-state index is -1.28. The van der Waals surface area contributed by atoms with Gasteiger partial charge in [-0.25, -0.2) is 14.2 Å². The maximum atomic E-state index is 14.0. The highest BCUT2D eigenvalue weighted by Crippen LogP contribution is 2.23. The van der Waals surface area contributed by atoms with Crippen LogP contribution in [0.3, 0.4) is 0 Å². The van der Waals surface area contributed by atoms with Crippen molar-refractivity contribution in [1.29, 1.82) is 0 Å². The number of piperidine rings is 1. The highest BCUT2D eigenvalue weighted by atomic mass is 19.1. The predicted octanol–water partition coefficient (Wildman–Crippen LogP) is 1.53. The van der Waals surface area contributed by atoms with Gasteiger partial charge in [-0.1, -0.05) is 0 Å². The number of methoxy groups -OCH3 is 1. The summed E-state index contributed by atoms with van der Waals surface area (Å²) in [6.45, 7) is 1.19. The molecule has 0 bridgehead atoms. The summed E-state index contributed by atoms with van der Waals surface area (Å²) in [6, 6.07) is 1.17. The Labute approximate surface area is 104 Å². The summed E-state index contributed by atoms with van der Waals surface area (Å²) in [5.41, 5.74) is -0.348. The van der Waals surface area contributed by atoms with Crippen molar-refractivity contribution in [3.63, 3.8) is 0 Å². The molecule has 98 valence electrons. The summed E-state index contributed by atoms with van der Waals surface area (Å²) < 4.78 is 19.3. The molecule has 1 fully saturated rings. The molecule has 2 heterocycles. The Hall–Kier alpha value is -1.69. The van der Waals surface area contributed by atoms with Crippen molar-refractivity contribution in [2.24, 2.45) is 0 Å². The van der Waals surface area contributed by atoms with E-state index in [0.29, 0.717) is 13.1 Å². The second-order valence-corrected chi connectivity index (χ2v) is 4.25. The first-order chi connectivity index (χ1) is 8.63. The Morgan fingerprint density at radius 2 is 2.44 bits per heavy atom. The number of rotatable bonds is 3. The lowest BCUT2D eigenvalue weighted by Crippen LogP contribution is -2.40. The standard InChI is InChI=1S/C12H15FN2O3/c1-18-8-3-2-6-15(7-8)11-10(13)9(12(16)17)4-5-14-11/h4-5,8H,2-3,6-7H2,1H3,(H,16,17). The normalized spacial score (nSPS) is 19.9. The van der Waals surface area contributed by atoms with Gasteiger partial charge >= 0.3 is 5.97 Å². The first-order valence-electron chi connectivity index (χ1n) is 5.79. The van der Waals surface area contributed by atoms with E-state index in [4.69, 9.17) is 9.84 Å². The van der Waals surface area contributed by atoms with E-state index in [0.717, 1.165) is 12.8 Å². The van der Waals surface area contributed by atoms with E-state index in [1.165, 1.54) is 12.3 Å². The monoisotopic (exact) mass is 254 g/mol. The number of hydrogen-bond donors (Lipinski definition) is 1. The Morgan fingerprint density at radius 3 is 3.11 bits per heavy atom. The lowest BCUT2D eigenvalue weighted by atomic mass is 10.1. The molecule has 1 saturated heterocycles. The molecule has 2 rings (SSSR count). The SMILES string of the molecule is COC1CCCN(c2nccc(C(=O)O)c2F)C1. The smallest absolute Gasteiger partial charge is 0.338 e. The summed E-state index contributed by atoms with van der Waals surface area (Å²) in [4.78, 5) is 16.5. The van der Waals surface area contributed by atoms with E-state index >= 15 is 0 Å². The third-order valence-electron chi connectivity index (χ3n) is 3.11. The summed E-state index contributed by atoms with van der Waals surface area (Å²) in [5.74, 6) is -1.96. The molecule has 0 spiro atoms. The van der Waals surface area contributed by atoms with E-state index in [9.17, 15) is 9.18 Å². The largest absolute Gasteiger partial charge is 0.478 e. The lowest BCUT2D eigenvalue weighted by molar-refractivity contribution is 0.0691. The van der Waals surface area contributed by atoms with Gasteiger partial charge in [0.1, 0.15) is 5.56 Å². The van der Waals surface area contributed by atoms with E-state index in [2.05, 4.69) is 4.98 Å². The third kappa shape index (κ3) is 2.43. The Bertz CT molecular complexity index is 453. The van der Waals surface area contributed by atoms with Gasteiger partial charge in [0.15, 0.2) is 11.6 Å². The van der Waals surface area contributed by atoms with Crippen molar-refractivity contribution < 1.29 is 19.0 Å². The Morgan fingerprint density at radius 1 is 1.67 bits per heavy atom. The molecule has 1 N–H and O–H groups in total. The second-order valence-electron chi connectivity index (χ2n) is 4.25. The first kappa shape index (κ1) is 12.8. The number of aromatic nitrogens is 1. The minimum Gasteiger partial charge on any atom is -0.478 e. The molecule has 0 saturated carbocycles. The van der Waals surface area contributed by atoms with Crippen molar-refractivity contribution in [3.05, 3.63) is 23.6 Å². The quantitative estimate of drug-likeness (QED) is 0.886. The van der Waals surface area contributed by atoms with E-state index in [-0.39, 0.29) is 17.5 Å². The lowest BCUT2D eigenvalue weighted by Gasteiger charge is -2.32. The van der Waals surface area contributed by atoms with Gasteiger partial charge in [0.25, 0.3) is 0 Å². The van der Waals surface area contributed by atoms with Crippen LogP contribution in [0.15, 0.2) is 12.3 Å². The maximum Gasteiger partial charge on any atom is 0.338 e. The van der Waals surface area contributed by atoms with Gasteiger partial charge in [-0.05, 0) is 18.9 Å². The van der Waals surface area contributed by atoms with Crippen LogP contribution in [0.2, 0.25) is 0 Å². The zero-order valence-electron chi connectivity index (χ0n) is 10.1. The number of anilines is 1. The molecule has 0 aliphatic carbocycles. The molecule has 1 aliphatic rings. The third-order valence-corrected chi connectivity index (χ3v) is 3.11. The predicted molar refractivity (Wildman–Crippen MR) is 63.4 cm³/mol. The van der Waals surface area contributed by atoms with Crippen molar-refractivity contribution in [2.45, 2.75) is 18.9 Å². The molecule has 1 atom stereocenters. The number of aromatic carboxylic acids is 1. The molecule has 0 radical (unpaired) electrons. The van der Waals surface area contributed by atoms with Crippen LogP contribution in [-0.2, 0) is 4.74 Å². The van der Waals surface area contributed by atoms with Crippen molar-refractivity contribution in [2.75, 3.05) is 25.1 Å². The van der Waals surface area contributed by atoms with Crippen LogP contribution in [-0.4, -0.2) is 42.4 Å². The summed E-state index contributed by atoms with van der Waals surface area (Å²) in [7, 11) is 1.62. The number of halogens is 1. The molecular formula is C12H15FN2O3. The van der Waals surface area contributed by atoms with Crippen LogP contribution >= 0.6 is 0 Å². The highest BCUT2D eigenvalue weighted by Gasteiger charge is 2.25. The topological polar surface area (TPSA) is 62.7 Å². The number of carboxylic acid groups (broad SMARTS) is 1. The second kappa shape index (κ2) is 5.30. The first-order valence-corrected chi connectivity index (χ1v) is 5.79. The Balaban J connectivity index is 2.27. The van der Waals surface area contributed by atoms with Crippen LogP contribution in [0.1, 0.15) is 23.2 Å². The summed E-state index contributed by atoms with van der Waals surface area (Å²) in [5, 5.41) is 8.88. The Kier molecular flexibility index (Phi) is 3.76. The van der Waals surface area contributed by atoms with Gasteiger partial charge in [0, 0.05) is 26.4 Å². The van der Waals surface area contributed by atoms with Crippen LogP contribution in [0.25, 0.3) is 0 Å². The zero-order chi connectivity index (χ0) is 13.1. The zero-order valence-corrected chi connectivity index (χ0v) is 10.1. The van der Waals surface area contributed by atoms with Crippen molar-refractivity contribution >= 4 is 11.8 Å². The number of pyridine rings is 1. The highest BCUT2D eigenvalue weighted by molar-refractivity contribution is 5.88. The number of carbonyl (C=O) groups is 1. The fraction of sp³-hybridized carbons (Fsp3) is 0.500. The molecule has 0 amide bonds. The fourth-order valence-electron chi connectivity index (χ4n) is 2.14. The van der Waals surface area contributed by atoms with Gasteiger partial charge in [-0.15, -0.1) is 0 Å². The average molecular weight is 254 g/mol. The van der Waals surface area contributed by atoms with Crippen LogP contribution in [0, 0.1) is 5.82 Å². The van der Waals surface area contributed by atoms with Gasteiger partial charge < -0.3 is 14.7 Å². The van der Waals surface area contributed by atoms with Gasteiger partial charge in [-0.3, -0.25) is 0 Å². The van der Waals surface area contributed by atoms with Crippen molar-refractivity contribution in [3.8, 4) is 0 Å². The average Bonchev–Trinajstić information content (AvgIpc) is 2.38. The number of hydrogen-bond acceptors (Lipinski definition) is 4. The summed E-state index contributed by atoms with van der Waals surface area (Å²) >= 11 is 0. The van der Waals surface area contributed by atoms with E-state index < -0.39 is 11.8 Å². The molecule has 18 heavy (non-hydrogen) atoms. The molecule has 6 heteroatoms. The van der Waals surface area contributed by atoms with Gasteiger partial charge in [0.2, 0.25) is 0 Å². The maximum absolute atomic E-state index is 14.0. The molecular weight excluding hydrogens is 239 g/mol. The van der Waals surface area contributed by atoms with Gasteiger partial charge in [0.05, 0.1) is 6.10 Å². The molecule has 1 aliphatic heterocycles.